The molecule has 0 spiro atoms. The Hall–Kier alpha value is -0.570. The van der Waals surface area contributed by atoms with E-state index < -0.39 is 0 Å². The van der Waals surface area contributed by atoms with Crippen LogP contribution in [0.1, 0.15) is 19.8 Å². The van der Waals surface area contributed by atoms with Gasteiger partial charge < -0.3 is 10.6 Å². The molecule has 64 valence electrons. The molecule has 1 rings (SSSR count). The average Bonchev–Trinajstić information content (AvgIpc) is 2.26. The van der Waals surface area contributed by atoms with Crippen LogP contribution in [-0.2, 0) is 4.79 Å². The molecule has 0 bridgehead atoms. The second-order valence-electron chi connectivity index (χ2n) is 3.29. The largest absolute Gasteiger partial charge is 0.342 e. The Labute approximate surface area is 67.5 Å². The fraction of sp³-hybridized carbons (Fsp3) is 0.875. The van der Waals surface area contributed by atoms with E-state index >= 15 is 0 Å². The lowest BCUT2D eigenvalue weighted by Crippen LogP contribution is -2.27. The molecule has 1 heterocycles. The van der Waals surface area contributed by atoms with Crippen molar-refractivity contribution in [2.75, 3.05) is 19.6 Å². The molecule has 1 aliphatic rings. The SMILES string of the molecule is CC1CC(=O)N(CCCN)C1. The minimum Gasteiger partial charge on any atom is -0.342 e. The van der Waals surface area contributed by atoms with Crippen LogP contribution in [0.5, 0.6) is 0 Å². The summed E-state index contributed by atoms with van der Waals surface area (Å²) < 4.78 is 0. The smallest absolute Gasteiger partial charge is 0.222 e. The van der Waals surface area contributed by atoms with Gasteiger partial charge in [0.25, 0.3) is 0 Å². The summed E-state index contributed by atoms with van der Waals surface area (Å²) in [4.78, 5) is 13.1. The Morgan fingerprint density at radius 3 is 2.91 bits per heavy atom. The lowest BCUT2D eigenvalue weighted by molar-refractivity contribution is -0.127. The van der Waals surface area contributed by atoms with Crippen LogP contribution in [0.2, 0.25) is 0 Å². The summed E-state index contributed by atoms with van der Waals surface area (Å²) in [6, 6.07) is 0. The van der Waals surface area contributed by atoms with Crippen molar-refractivity contribution in [3.05, 3.63) is 0 Å². The molecule has 11 heavy (non-hydrogen) atoms. The van der Waals surface area contributed by atoms with Crippen LogP contribution in [0.4, 0.5) is 0 Å². The first kappa shape index (κ1) is 8.53. The Morgan fingerprint density at radius 2 is 2.45 bits per heavy atom. The highest BCUT2D eigenvalue weighted by atomic mass is 16.2. The van der Waals surface area contributed by atoms with Gasteiger partial charge in [-0.15, -0.1) is 0 Å². The summed E-state index contributed by atoms with van der Waals surface area (Å²) >= 11 is 0. The summed E-state index contributed by atoms with van der Waals surface area (Å²) in [5.41, 5.74) is 5.35. The van der Waals surface area contributed by atoms with E-state index in [1.807, 2.05) is 4.90 Å². The minimum absolute atomic E-state index is 0.297. The van der Waals surface area contributed by atoms with Crippen LogP contribution in [0.25, 0.3) is 0 Å². The molecule has 0 saturated carbocycles. The van der Waals surface area contributed by atoms with Crippen molar-refractivity contribution < 1.29 is 4.79 Å². The molecule has 0 radical (unpaired) electrons. The molecule has 1 atom stereocenters. The Kier molecular flexibility index (Phi) is 2.88. The second-order valence-corrected chi connectivity index (χ2v) is 3.29. The van der Waals surface area contributed by atoms with E-state index in [2.05, 4.69) is 6.92 Å². The van der Waals surface area contributed by atoms with Gasteiger partial charge >= 0.3 is 0 Å². The molecule has 0 aromatic heterocycles. The molecule has 1 fully saturated rings. The number of amides is 1. The first-order chi connectivity index (χ1) is 5.24. The van der Waals surface area contributed by atoms with E-state index in [0.717, 1.165) is 25.9 Å². The number of hydrogen-bond acceptors (Lipinski definition) is 2. The molecule has 0 aromatic carbocycles. The van der Waals surface area contributed by atoms with Crippen molar-refractivity contribution in [2.24, 2.45) is 11.7 Å². The molecule has 3 nitrogen and oxygen atoms in total. The van der Waals surface area contributed by atoms with Crippen molar-refractivity contribution in [3.8, 4) is 0 Å². The van der Waals surface area contributed by atoms with Crippen LogP contribution < -0.4 is 5.73 Å². The van der Waals surface area contributed by atoms with Crippen LogP contribution in [0.3, 0.4) is 0 Å². The lowest BCUT2D eigenvalue weighted by Gasteiger charge is -2.14. The van der Waals surface area contributed by atoms with Crippen molar-refractivity contribution in [2.45, 2.75) is 19.8 Å². The van der Waals surface area contributed by atoms with Gasteiger partial charge in [-0.1, -0.05) is 6.92 Å². The third-order valence-corrected chi connectivity index (χ3v) is 2.04. The number of likely N-dealkylation sites (tertiary alicyclic amines) is 1. The van der Waals surface area contributed by atoms with Gasteiger partial charge in [-0.25, -0.2) is 0 Å². The standard InChI is InChI=1S/C8H16N2O/c1-7-5-8(11)10(6-7)4-2-3-9/h7H,2-6,9H2,1H3. The lowest BCUT2D eigenvalue weighted by atomic mass is 10.2. The van der Waals surface area contributed by atoms with Gasteiger partial charge in [0.15, 0.2) is 0 Å². The maximum Gasteiger partial charge on any atom is 0.222 e. The van der Waals surface area contributed by atoms with Gasteiger partial charge in [-0.2, -0.15) is 0 Å². The summed E-state index contributed by atoms with van der Waals surface area (Å²) in [5, 5.41) is 0. The molecule has 1 unspecified atom stereocenters. The van der Waals surface area contributed by atoms with Gasteiger partial charge in [0.05, 0.1) is 0 Å². The zero-order chi connectivity index (χ0) is 8.27. The molecule has 0 aliphatic carbocycles. The Balaban J connectivity index is 2.29. The Morgan fingerprint density at radius 1 is 1.73 bits per heavy atom. The van der Waals surface area contributed by atoms with E-state index in [0.29, 0.717) is 18.4 Å². The third-order valence-electron chi connectivity index (χ3n) is 2.04. The first-order valence-electron chi connectivity index (χ1n) is 4.22. The van der Waals surface area contributed by atoms with E-state index in [9.17, 15) is 4.79 Å². The number of hydrogen-bond donors (Lipinski definition) is 1. The topological polar surface area (TPSA) is 46.3 Å². The monoisotopic (exact) mass is 156 g/mol. The fourth-order valence-corrected chi connectivity index (χ4v) is 1.47. The predicted molar refractivity (Wildman–Crippen MR) is 44.0 cm³/mol. The average molecular weight is 156 g/mol. The minimum atomic E-state index is 0.297. The quantitative estimate of drug-likeness (QED) is 0.634. The highest BCUT2D eigenvalue weighted by molar-refractivity contribution is 5.78. The summed E-state index contributed by atoms with van der Waals surface area (Å²) in [6.45, 7) is 4.57. The summed E-state index contributed by atoms with van der Waals surface area (Å²) in [5.74, 6) is 0.839. The molecular weight excluding hydrogens is 140 g/mol. The van der Waals surface area contributed by atoms with Gasteiger partial charge in [-0.3, -0.25) is 4.79 Å². The van der Waals surface area contributed by atoms with Gasteiger partial charge in [0.1, 0.15) is 0 Å². The van der Waals surface area contributed by atoms with Crippen molar-refractivity contribution in [1.82, 2.24) is 4.90 Å². The zero-order valence-corrected chi connectivity index (χ0v) is 7.05. The third kappa shape index (κ3) is 2.19. The van der Waals surface area contributed by atoms with Gasteiger partial charge in [0.2, 0.25) is 5.91 Å². The van der Waals surface area contributed by atoms with Gasteiger partial charge in [-0.05, 0) is 18.9 Å². The summed E-state index contributed by atoms with van der Waals surface area (Å²) in [7, 11) is 0. The molecule has 3 heteroatoms. The van der Waals surface area contributed by atoms with Crippen molar-refractivity contribution in [3.63, 3.8) is 0 Å². The van der Waals surface area contributed by atoms with Crippen LogP contribution >= 0.6 is 0 Å². The van der Waals surface area contributed by atoms with Crippen LogP contribution in [-0.4, -0.2) is 30.4 Å². The number of carbonyl (C=O) groups is 1. The van der Waals surface area contributed by atoms with E-state index in [-0.39, 0.29) is 0 Å². The highest BCUT2D eigenvalue weighted by Crippen LogP contribution is 2.16. The van der Waals surface area contributed by atoms with Crippen LogP contribution in [0, 0.1) is 5.92 Å². The van der Waals surface area contributed by atoms with Crippen molar-refractivity contribution in [1.29, 1.82) is 0 Å². The predicted octanol–water partition coefficient (Wildman–Crippen LogP) is 0.204. The molecular formula is C8H16N2O. The maximum atomic E-state index is 11.2. The maximum absolute atomic E-state index is 11.2. The zero-order valence-electron chi connectivity index (χ0n) is 7.05. The number of nitrogens with zero attached hydrogens (tertiary/aromatic N) is 1. The first-order valence-corrected chi connectivity index (χ1v) is 4.22. The molecule has 1 saturated heterocycles. The van der Waals surface area contributed by atoms with E-state index in [4.69, 9.17) is 5.73 Å². The fourth-order valence-electron chi connectivity index (χ4n) is 1.47. The number of carbonyl (C=O) groups excluding carboxylic acids is 1. The van der Waals surface area contributed by atoms with E-state index in [1.165, 1.54) is 0 Å². The summed E-state index contributed by atoms with van der Waals surface area (Å²) in [6.07, 6.45) is 1.66. The number of rotatable bonds is 3. The molecule has 1 amide bonds. The molecule has 0 aromatic rings. The van der Waals surface area contributed by atoms with Crippen LogP contribution in [0.15, 0.2) is 0 Å². The molecule has 1 aliphatic heterocycles. The highest BCUT2D eigenvalue weighted by Gasteiger charge is 2.25. The molecule has 2 N–H and O–H groups in total. The second kappa shape index (κ2) is 3.72. The van der Waals surface area contributed by atoms with Gasteiger partial charge in [0, 0.05) is 19.5 Å². The Bertz CT molecular complexity index is 147. The van der Waals surface area contributed by atoms with E-state index in [1.54, 1.807) is 0 Å². The van der Waals surface area contributed by atoms with Crippen molar-refractivity contribution >= 4 is 5.91 Å². The normalized spacial score (nSPS) is 24.7. The number of nitrogens with two attached hydrogens (primary N) is 1.